The summed E-state index contributed by atoms with van der Waals surface area (Å²) < 4.78 is 0. The molecule has 2 aromatic rings. The number of nitriles is 1. The van der Waals surface area contributed by atoms with Crippen LogP contribution < -0.4 is 10.6 Å². The number of rotatable bonds is 3. The topological polar surface area (TPSA) is 65.9 Å². The molecule has 2 N–H and O–H groups in total. The van der Waals surface area contributed by atoms with Crippen molar-refractivity contribution in [3.63, 3.8) is 0 Å². The molecule has 0 radical (unpaired) electrons. The zero-order valence-electron chi connectivity index (χ0n) is 10.2. The van der Waals surface area contributed by atoms with Crippen LogP contribution in [0.2, 0.25) is 0 Å². The SMILES string of the molecule is CN(Cc1cccnc1N)c1ccc(C#N)cc1. The minimum absolute atomic E-state index is 0.554. The van der Waals surface area contributed by atoms with Crippen LogP contribution in [0.5, 0.6) is 0 Å². The Morgan fingerprint density at radius 1 is 1.28 bits per heavy atom. The zero-order chi connectivity index (χ0) is 13.0. The lowest BCUT2D eigenvalue weighted by Gasteiger charge is -2.19. The summed E-state index contributed by atoms with van der Waals surface area (Å²) in [7, 11) is 1.98. The van der Waals surface area contributed by atoms with E-state index in [0.717, 1.165) is 11.3 Å². The molecule has 0 atom stereocenters. The van der Waals surface area contributed by atoms with Gasteiger partial charge in [-0.15, -0.1) is 0 Å². The molecule has 0 spiro atoms. The number of pyridine rings is 1. The van der Waals surface area contributed by atoms with E-state index in [4.69, 9.17) is 11.0 Å². The quantitative estimate of drug-likeness (QED) is 0.890. The van der Waals surface area contributed by atoms with Gasteiger partial charge in [-0.1, -0.05) is 6.07 Å². The van der Waals surface area contributed by atoms with Crippen LogP contribution >= 0.6 is 0 Å². The zero-order valence-corrected chi connectivity index (χ0v) is 10.2. The monoisotopic (exact) mass is 238 g/mol. The van der Waals surface area contributed by atoms with Crippen molar-refractivity contribution in [2.45, 2.75) is 6.54 Å². The summed E-state index contributed by atoms with van der Waals surface area (Å²) in [4.78, 5) is 6.13. The fourth-order valence-corrected chi connectivity index (χ4v) is 1.72. The minimum Gasteiger partial charge on any atom is -0.383 e. The Hall–Kier alpha value is -2.54. The Kier molecular flexibility index (Phi) is 3.44. The van der Waals surface area contributed by atoms with E-state index in [2.05, 4.69) is 16.0 Å². The number of aromatic nitrogens is 1. The third-order valence-corrected chi connectivity index (χ3v) is 2.77. The van der Waals surface area contributed by atoms with Gasteiger partial charge in [0, 0.05) is 31.0 Å². The van der Waals surface area contributed by atoms with Gasteiger partial charge in [0.2, 0.25) is 0 Å². The van der Waals surface area contributed by atoms with Gasteiger partial charge in [0.1, 0.15) is 5.82 Å². The van der Waals surface area contributed by atoms with Gasteiger partial charge in [-0.3, -0.25) is 0 Å². The second-order valence-corrected chi connectivity index (χ2v) is 4.06. The summed E-state index contributed by atoms with van der Waals surface area (Å²) in [5, 5.41) is 8.75. The van der Waals surface area contributed by atoms with Crippen LogP contribution in [0.1, 0.15) is 11.1 Å². The van der Waals surface area contributed by atoms with Crippen molar-refractivity contribution in [2.75, 3.05) is 17.7 Å². The number of benzene rings is 1. The second-order valence-electron chi connectivity index (χ2n) is 4.06. The Labute approximate surface area is 106 Å². The van der Waals surface area contributed by atoms with Crippen LogP contribution in [0.15, 0.2) is 42.6 Å². The lowest BCUT2D eigenvalue weighted by molar-refractivity contribution is 0.919. The van der Waals surface area contributed by atoms with Gasteiger partial charge >= 0.3 is 0 Å². The first-order chi connectivity index (χ1) is 8.70. The molecular formula is C14H14N4. The van der Waals surface area contributed by atoms with E-state index in [9.17, 15) is 0 Å². The van der Waals surface area contributed by atoms with Gasteiger partial charge in [-0.05, 0) is 30.3 Å². The van der Waals surface area contributed by atoms with Crippen molar-refractivity contribution < 1.29 is 0 Å². The van der Waals surface area contributed by atoms with Gasteiger partial charge in [-0.25, -0.2) is 4.98 Å². The maximum Gasteiger partial charge on any atom is 0.128 e. The smallest absolute Gasteiger partial charge is 0.128 e. The number of anilines is 2. The first kappa shape index (κ1) is 11.9. The van der Waals surface area contributed by atoms with E-state index in [0.29, 0.717) is 17.9 Å². The molecule has 18 heavy (non-hydrogen) atoms. The fraction of sp³-hybridized carbons (Fsp3) is 0.143. The predicted molar refractivity (Wildman–Crippen MR) is 71.9 cm³/mol. The van der Waals surface area contributed by atoms with E-state index >= 15 is 0 Å². The molecular weight excluding hydrogens is 224 g/mol. The molecule has 0 saturated carbocycles. The standard InChI is InChI=1S/C14H14N4/c1-18(10-12-3-2-8-17-14(12)16)13-6-4-11(9-15)5-7-13/h2-8H,10H2,1H3,(H2,16,17). The predicted octanol–water partition coefficient (Wildman–Crippen LogP) is 2.17. The summed E-state index contributed by atoms with van der Waals surface area (Å²) in [6.07, 6.45) is 1.68. The maximum atomic E-state index is 8.75. The van der Waals surface area contributed by atoms with Gasteiger partial charge in [0.05, 0.1) is 11.6 Å². The summed E-state index contributed by atoms with van der Waals surface area (Å²) in [5.74, 6) is 0.554. The van der Waals surface area contributed by atoms with Gasteiger partial charge < -0.3 is 10.6 Å². The number of hydrogen-bond acceptors (Lipinski definition) is 4. The third kappa shape index (κ3) is 2.58. The van der Waals surface area contributed by atoms with Crippen LogP contribution in [-0.2, 0) is 6.54 Å². The molecule has 1 aromatic carbocycles. The average molecular weight is 238 g/mol. The summed E-state index contributed by atoms with van der Waals surface area (Å²) in [6, 6.07) is 13.4. The third-order valence-electron chi connectivity index (χ3n) is 2.77. The maximum absolute atomic E-state index is 8.75. The van der Waals surface area contributed by atoms with Crippen molar-refractivity contribution in [3.05, 3.63) is 53.7 Å². The van der Waals surface area contributed by atoms with Crippen molar-refractivity contribution in [2.24, 2.45) is 0 Å². The normalized spacial score (nSPS) is 9.78. The lowest BCUT2D eigenvalue weighted by atomic mass is 10.2. The first-order valence-corrected chi connectivity index (χ1v) is 5.61. The Balaban J connectivity index is 2.15. The van der Waals surface area contributed by atoms with E-state index in [-0.39, 0.29) is 0 Å². The van der Waals surface area contributed by atoms with Crippen LogP contribution in [0.25, 0.3) is 0 Å². The molecule has 1 aromatic heterocycles. The largest absolute Gasteiger partial charge is 0.383 e. The molecule has 0 bridgehead atoms. The molecule has 0 saturated heterocycles. The van der Waals surface area contributed by atoms with Gasteiger partial charge in [0.25, 0.3) is 0 Å². The van der Waals surface area contributed by atoms with E-state index in [1.807, 2.05) is 31.3 Å². The number of hydrogen-bond donors (Lipinski definition) is 1. The van der Waals surface area contributed by atoms with Crippen LogP contribution in [0.4, 0.5) is 11.5 Å². The van der Waals surface area contributed by atoms with Crippen LogP contribution in [0, 0.1) is 11.3 Å². The highest BCUT2D eigenvalue weighted by Crippen LogP contribution is 2.17. The van der Waals surface area contributed by atoms with Crippen molar-refractivity contribution in [1.82, 2.24) is 4.98 Å². The molecule has 2 rings (SSSR count). The summed E-state index contributed by atoms with van der Waals surface area (Å²) in [6.45, 7) is 0.686. The Morgan fingerprint density at radius 3 is 2.61 bits per heavy atom. The van der Waals surface area contributed by atoms with Crippen molar-refractivity contribution in [1.29, 1.82) is 5.26 Å². The Bertz CT molecular complexity index is 569. The fourth-order valence-electron chi connectivity index (χ4n) is 1.72. The van der Waals surface area contributed by atoms with E-state index in [1.54, 1.807) is 18.3 Å². The highest BCUT2D eigenvalue weighted by molar-refractivity contribution is 5.51. The van der Waals surface area contributed by atoms with Gasteiger partial charge in [0.15, 0.2) is 0 Å². The van der Waals surface area contributed by atoms with Crippen molar-refractivity contribution >= 4 is 11.5 Å². The molecule has 0 aliphatic carbocycles. The minimum atomic E-state index is 0.554. The lowest BCUT2D eigenvalue weighted by Crippen LogP contribution is -2.17. The molecule has 0 fully saturated rings. The highest BCUT2D eigenvalue weighted by Gasteiger charge is 2.05. The Morgan fingerprint density at radius 2 is 2.00 bits per heavy atom. The van der Waals surface area contributed by atoms with E-state index < -0.39 is 0 Å². The molecule has 0 aliphatic heterocycles. The molecule has 0 amide bonds. The molecule has 1 heterocycles. The van der Waals surface area contributed by atoms with Gasteiger partial charge in [-0.2, -0.15) is 5.26 Å². The second kappa shape index (κ2) is 5.19. The molecule has 4 heteroatoms. The highest BCUT2D eigenvalue weighted by atomic mass is 15.1. The summed E-state index contributed by atoms with van der Waals surface area (Å²) in [5.41, 5.74) is 8.50. The average Bonchev–Trinajstić information content (AvgIpc) is 2.41. The van der Waals surface area contributed by atoms with Crippen LogP contribution in [0.3, 0.4) is 0 Å². The van der Waals surface area contributed by atoms with E-state index in [1.165, 1.54) is 0 Å². The van der Waals surface area contributed by atoms with Crippen LogP contribution in [-0.4, -0.2) is 12.0 Å². The number of nitrogen functional groups attached to an aromatic ring is 1. The molecule has 0 unspecified atom stereocenters. The molecule has 90 valence electrons. The molecule has 4 nitrogen and oxygen atoms in total. The molecule has 0 aliphatic rings. The van der Waals surface area contributed by atoms with Crippen molar-refractivity contribution in [3.8, 4) is 6.07 Å². The number of nitrogens with two attached hydrogens (primary N) is 1. The summed E-state index contributed by atoms with van der Waals surface area (Å²) >= 11 is 0. The number of nitrogens with zero attached hydrogens (tertiary/aromatic N) is 3. The first-order valence-electron chi connectivity index (χ1n) is 5.61.